The van der Waals surface area contributed by atoms with Crippen LogP contribution in [0.2, 0.25) is 0 Å². The molecule has 8 bridgehead atoms. The van der Waals surface area contributed by atoms with Crippen molar-refractivity contribution in [1.82, 2.24) is 34.7 Å². The molecule has 0 unspecified atom stereocenters. The molecule has 0 spiro atoms. The summed E-state index contributed by atoms with van der Waals surface area (Å²) >= 11 is 1.60. The minimum Gasteiger partial charge on any atom is -0.337 e. The van der Waals surface area contributed by atoms with Crippen molar-refractivity contribution < 1.29 is 4.79 Å². The van der Waals surface area contributed by atoms with Gasteiger partial charge in [-0.15, -0.1) is 11.3 Å². The van der Waals surface area contributed by atoms with Gasteiger partial charge in [0.2, 0.25) is 5.91 Å². The van der Waals surface area contributed by atoms with Gasteiger partial charge < -0.3 is 4.98 Å². The summed E-state index contributed by atoms with van der Waals surface area (Å²) in [6.45, 7) is 0. The third kappa shape index (κ3) is 3.17. The summed E-state index contributed by atoms with van der Waals surface area (Å²) in [7, 11) is 0. The zero-order valence-electron chi connectivity index (χ0n) is 19.7. The minimum atomic E-state index is 0.0246. The molecule has 1 aliphatic carbocycles. The molecule has 37 heavy (non-hydrogen) atoms. The number of pyridine rings is 2. The first kappa shape index (κ1) is 20.8. The number of para-hydroxylation sites is 1. The van der Waals surface area contributed by atoms with Gasteiger partial charge in [0.1, 0.15) is 10.3 Å². The average Bonchev–Trinajstić information content (AvgIpc) is 3.73. The lowest BCUT2D eigenvalue weighted by molar-refractivity contribution is 0.0847. The van der Waals surface area contributed by atoms with E-state index >= 15 is 0 Å². The molecule has 180 valence electrons. The van der Waals surface area contributed by atoms with E-state index in [9.17, 15) is 4.79 Å². The maximum Gasteiger partial charge on any atom is 0.235 e. The molecule has 0 radical (unpaired) electrons. The van der Waals surface area contributed by atoms with Crippen LogP contribution in [0.25, 0.3) is 64.4 Å². The standard InChI is InChI=1S/C28H21N7OS/c36-28(15-4-1-2-5-15)35-17-10-16(12-29-13-17)21-11-19-22(14-30-21)33-34-26(19)27-31-20-7-3-6-18(25(20)32-27)23-8-9-24(35)37-23/h3,6-15H,1-2,4-5H2,(H,31,32)(H,33,34). The number of nitrogens with one attached hydrogen (secondary N) is 2. The number of carbonyl (C=O) groups is 1. The Kier molecular flexibility index (Phi) is 4.39. The highest BCUT2D eigenvalue weighted by Crippen LogP contribution is 2.32. The summed E-state index contributed by atoms with van der Waals surface area (Å²) in [4.78, 5) is 32.5. The van der Waals surface area contributed by atoms with E-state index in [0.717, 1.165) is 84.5 Å². The Labute approximate surface area is 213 Å². The Bertz CT molecular complexity index is 2090. The fourth-order valence-corrected chi connectivity index (χ4v) is 6.66. The van der Waals surface area contributed by atoms with Crippen molar-refractivity contribution in [2.45, 2.75) is 25.7 Å². The van der Waals surface area contributed by atoms with Crippen molar-refractivity contribution in [3.05, 3.63) is 61.1 Å². The lowest BCUT2D eigenvalue weighted by Gasteiger charge is -2.12. The quantitative estimate of drug-likeness (QED) is 0.261. The van der Waals surface area contributed by atoms with Gasteiger partial charge in [0.15, 0.2) is 5.65 Å². The Morgan fingerprint density at radius 3 is 2.81 bits per heavy atom. The monoisotopic (exact) mass is 503 g/mol. The van der Waals surface area contributed by atoms with Crippen molar-refractivity contribution in [3.8, 4) is 0 Å². The first-order valence-corrected chi connectivity index (χ1v) is 13.3. The molecule has 8 nitrogen and oxygen atoms in total. The van der Waals surface area contributed by atoms with Gasteiger partial charge in [-0.1, -0.05) is 25.0 Å². The van der Waals surface area contributed by atoms with Gasteiger partial charge in [0.25, 0.3) is 0 Å². The summed E-state index contributed by atoms with van der Waals surface area (Å²) in [5.41, 5.74) is 5.60. The first-order valence-electron chi connectivity index (χ1n) is 12.5. The van der Waals surface area contributed by atoms with Gasteiger partial charge in [-0.3, -0.25) is 24.4 Å². The van der Waals surface area contributed by atoms with Gasteiger partial charge in [-0.2, -0.15) is 5.10 Å². The third-order valence-corrected chi connectivity index (χ3v) is 8.57. The molecule has 0 aliphatic heterocycles. The maximum absolute atomic E-state index is 13.9. The van der Waals surface area contributed by atoms with Crippen LogP contribution < -0.4 is 0 Å². The number of aromatic amines is 2. The molecule has 6 heterocycles. The van der Waals surface area contributed by atoms with Crippen molar-refractivity contribution in [1.29, 1.82) is 0 Å². The highest BCUT2D eigenvalue weighted by Gasteiger charge is 2.25. The smallest absolute Gasteiger partial charge is 0.235 e. The van der Waals surface area contributed by atoms with Crippen LogP contribution in [0, 0.1) is 5.92 Å². The zero-order valence-corrected chi connectivity index (χ0v) is 20.5. The molecule has 6 aromatic heterocycles. The number of nitrogens with zero attached hydrogens (tertiary/aromatic N) is 5. The van der Waals surface area contributed by atoms with E-state index in [1.54, 1.807) is 29.9 Å². The summed E-state index contributed by atoms with van der Waals surface area (Å²) in [6, 6.07) is 14.3. The van der Waals surface area contributed by atoms with E-state index in [2.05, 4.69) is 37.3 Å². The van der Waals surface area contributed by atoms with Crippen LogP contribution in [0.5, 0.6) is 0 Å². The van der Waals surface area contributed by atoms with Gasteiger partial charge in [-0.25, -0.2) is 4.98 Å². The van der Waals surface area contributed by atoms with E-state index in [1.807, 2.05) is 34.9 Å². The number of aromatic nitrogens is 7. The van der Waals surface area contributed by atoms with Crippen LogP contribution in [0.3, 0.4) is 0 Å². The number of benzene rings is 1. The van der Waals surface area contributed by atoms with Gasteiger partial charge in [-0.05, 0) is 43.2 Å². The number of H-pyrrole nitrogens is 2. The van der Waals surface area contributed by atoms with Crippen LogP contribution in [0.15, 0.2) is 61.1 Å². The van der Waals surface area contributed by atoms with Crippen molar-refractivity contribution in [2.24, 2.45) is 5.92 Å². The molecule has 1 saturated carbocycles. The molecule has 0 amide bonds. The van der Waals surface area contributed by atoms with Crippen LogP contribution >= 0.6 is 11.3 Å². The van der Waals surface area contributed by atoms with E-state index < -0.39 is 0 Å². The minimum absolute atomic E-state index is 0.0246. The number of fused-ring (bicyclic) bond motifs is 9. The molecule has 8 rings (SSSR count). The number of hydrogen-bond acceptors (Lipinski definition) is 6. The fraction of sp³-hybridized carbons (Fsp3) is 0.179. The van der Waals surface area contributed by atoms with Gasteiger partial charge >= 0.3 is 0 Å². The van der Waals surface area contributed by atoms with Crippen LogP contribution in [0.4, 0.5) is 0 Å². The molecule has 1 aliphatic rings. The van der Waals surface area contributed by atoms with E-state index in [1.165, 1.54) is 0 Å². The average molecular weight is 504 g/mol. The Morgan fingerprint density at radius 2 is 1.89 bits per heavy atom. The Balaban J connectivity index is 1.60. The van der Waals surface area contributed by atoms with Crippen LogP contribution in [0.1, 0.15) is 30.5 Å². The topological polar surface area (TPSA) is 105 Å². The molecule has 7 aromatic rings. The van der Waals surface area contributed by atoms with Gasteiger partial charge in [0, 0.05) is 33.0 Å². The fourth-order valence-electron chi connectivity index (χ4n) is 5.60. The molecule has 1 aromatic carbocycles. The number of hydrogen-bond donors (Lipinski definition) is 2. The lowest BCUT2D eigenvalue weighted by atomic mass is 10.1. The van der Waals surface area contributed by atoms with E-state index in [-0.39, 0.29) is 11.8 Å². The second-order valence-corrected chi connectivity index (χ2v) is 10.8. The summed E-state index contributed by atoms with van der Waals surface area (Å²) in [5, 5.41) is 10.4. The molecule has 0 saturated heterocycles. The summed E-state index contributed by atoms with van der Waals surface area (Å²) in [6.07, 6.45) is 9.40. The molecular weight excluding hydrogens is 482 g/mol. The van der Waals surface area contributed by atoms with E-state index in [0.29, 0.717) is 5.65 Å². The number of thiophene rings is 1. The normalized spacial score (nSPS) is 14.6. The maximum atomic E-state index is 13.9. The predicted octanol–water partition coefficient (Wildman–Crippen LogP) is 6.66. The predicted molar refractivity (Wildman–Crippen MR) is 147 cm³/mol. The van der Waals surface area contributed by atoms with Gasteiger partial charge in [0.05, 0.1) is 40.0 Å². The highest BCUT2D eigenvalue weighted by atomic mass is 32.1. The third-order valence-electron chi connectivity index (χ3n) is 7.46. The Morgan fingerprint density at radius 1 is 0.973 bits per heavy atom. The number of rotatable bonds is 1. The molecular formula is C28H21N7OS. The largest absolute Gasteiger partial charge is 0.337 e. The zero-order chi connectivity index (χ0) is 24.5. The van der Waals surface area contributed by atoms with E-state index in [4.69, 9.17) is 4.98 Å². The second-order valence-electron chi connectivity index (χ2n) is 9.70. The summed E-state index contributed by atoms with van der Waals surface area (Å²) in [5.74, 6) is 0.159. The number of imidazole rings is 1. The highest BCUT2D eigenvalue weighted by molar-refractivity contribution is 7.24. The van der Waals surface area contributed by atoms with Crippen LogP contribution in [-0.2, 0) is 0 Å². The molecule has 9 heteroatoms. The van der Waals surface area contributed by atoms with Crippen molar-refractivity contribution >= 4 is 81.7 Å². The SMILES string of the molecule is O=C(C1CCCC1)n1c2cncc(c2)c2cc3c(cn2)[nH]nc3c2nc3c(cccc3c3ccc1s3)[nH]2. The summed E-state index contributed by atoms with van der Waals surface area (Å²) < 4.78 is 2.91. The van der Waals surface area contributed by atoms with Crippen LogP contribution in [-0.4, -0.2) is 40.6 Å². The molecule has 0 atom stereocenters. The first-order chi connectivity index (χ1) is 18.2. The Hall–Kier alpha value is -4.37. The van der Waals surface area contributed by atoms with Crippen molar-refractivity contribution in [3.63, 3.8) is 0 Å². The molecule has 1 fully saturated rings. The lowest BCUT2D eigenvalue weighted by Crippen LogP contribution is -2.19. The molecule has 2 N–H and O–H groups in total. The number of carbonyl (C=O) groups excluding carboxylic acids is 1. The second kappa shape index (κ2) is 7.81. The van der Waals surface area contributed by atoms with Crippen molar-refractivity contribution in [2.75, 3.05) is 0 Å².